The second kappa shape index (κ2) is 5.95. The van der Waals surface area contributed by atoms with Crippen molar-refractivity contribution in [1.82, 2.24) is 9.97 Å². The maximum atomic E-state index is 13.3. The summed E-state index contributed by atoms with van der Waals surface area (Å²) in [5.41, 5.74) is 2.79. The number of anilines is 1. The van der Waals surface area contributed by atoms with Crippen LogP contribution in [0.5, 0.6) is 0 Å². The van der Waals surface area contributed by atoms with Gasteiger partial charge in [0.05, 0.1) is 5.52 Å². The van der Waals surface area contributed by atoms with E-state index in [4.69, 9.17) is 4.98 Å². The van der Waals surface area contributed by atoms with Gasteiger partial charge in [0.1, 0.15) is 5.82 Å². The van der Waals surface area contributed by atoms with E-state index in [1.165, 1.54) is 31.5 Å². The van der Waals surface area contributed by atoms with Crippen LogP contribution in [0.15, 0.2) is 48.7 Å². The second-order valence-electron chi connectivity index (χ2n) is 5.99. The Morgan fingerprint density at radius 2 is 1.70 bits per heavy atom. The van der Waals surface area contributed by atoms with Crippen molar-refractivity contribution >= 4 is 16.7 Å². The summed E-state index contributed by atoms with van der Waals surface area (Å²) >= 11 is 0. The highest BCUT2D eigenvalue weighted by Crippen LogP contribution is 2.26. The van der Waals surface area contributed by atoms with Crippen LogP contribution in [0.4, 0.5) is 10.2 Å². The first-order chi connectivity index (χ1) is 11.3. The molecule has 1 aromatic carbocycles. The fourth-order valence-electron chi connectivity index (χ4n) is 3.18. The van der Waals surface area contributed by atoms with E-state index >= 15 is 0 Å². The van der Waals surface area contributed by atoms with Gasteiger partial charge in [-0.1, -0.05) is 6.07 Å². The minimum atomic E-state index is -0.457. The first-order valence-electron chi connectivity index (χ1n) is 8.07. The largest absolute Gasteiger partial charge is 0.357 e. The third kappa shape index (κ3) is 2.89. The van der Waals surface area contributed by atoms with Crippen molar-refractivity contribution in [1.29, 1.82) is 0 Å². The lowest BCUT2D eigenvalue weighted by Crippen LogP contribution is -2.30. The number of rotatable bonds is 2. The summed E-state index contributed by atoms with van der Waals surface area (Å²) in [7, 11) is 0. The summed E-state index contributed by atoms with van der Waals surface area (Å²) in [6.45, 7) is 2.18. The molecule has 0 N–H and O–H groups in total. The summed E-state index contributed by atoms with van der Waals surface area (Å²) in [4.78, 5) is 10.8. The van der Waals surface area contributed by atoms with E-state index in [1.54, 1.807) is 0 Å². The minimum absolute atomic E-state index is 0.457. The molecule has 4 rings (SSSR count). The van der Waals surface area contributed by atoms with Crippen LogP contribution in [0.2, 0.25) is 0 Å². The monoisotopic (exact) mass is 307 g/mol. The zero-order chi connectivity index (χ0) is 15.6. The average Bonchev–Trinajstić information content (AvgIpc) is 2.61. The lowest BCUT2D eigenvalue weighted by molar-refractivity contribution is 0.574. The van der Waals surface area contributed by atoms with E-state index in [2.05, 4.69) is 28.1 Å². The number of hydrogen-bond acceptors (Lipinski definition) is 3. The Hall–Kier alpha value is -2.49. The maximum absolute atomic E-state index is 13.3. The molecule has 0 aliphatic carbocycles. The van der Waals surface area contributed by atoms with Gasteiger partial charge in [0, 0.05) is 30.7 Å². The Labute approximate surface area is 134 Å². The van der Waals surface area contributed by atoms with E-state index in [1.807, 2.05) is 18.2 Å². The zero-order valence-electron chi connectivity index (χ0n) is 12.9. The Morgan fingerprint density at radius 1 is 0.870 bits per heavy atom. The zero-order valence-corrected chi connectivity index (χ0v) is 12.9. The van der Waals surface area contributed by atoms with Crippen molar-refractivity contribution in [2.75, 3.05) is 18.0 Å². The van der Waals surface area contributed by atoms with Crippen molar-refractivity contribution in [2.24, 2.45) is 0 Å². The molecule has 0 radical (unpaired) electrons. The summed E-state index contributed by atoms with van der Waals surface area (Å²) in [5.74, 6) is 0.598. The van der Waals surface area contributed by atoms with Gasteiger partial charge >= 0.3 is 0 Å². The Morgan fingerprint density at radius 3 is 2.52 bits per heavy atom. The van der Waals surface area contributed by atoms with E-state index in [0.717, 1.165) is 40.9 Å². The molecule has 116 valence electrons. The molecular weight excluding hydrogens is 289 g/mol. The standard InChI is InChI=1S/C19H18FN3/c20-18-13-15(8-9-21-18)14-4-6-17-16(12-14)5-7-19(22-17)23-10-2-1-3-11-23/h4-9,12-13H,1-3,10-11H2. The van der Waals surface area contributed by atoms with Crippen LogP contribution in [-0.4, -0.2) is 23.1 Å². The van der Waals surface area contributed by atoms with Crippen LogP contribution in [0.3, 0.4) is 0 Å². The number of piperidine rings is 1. The lowest BCUT2D eigenvalue weighted by atomic mass is 10.0. The molecule has 3 nitrogen and oxygen atoms in total. The normalized spacial score (nSPS) is 15.1. The van der Waals surface area contributed by atoms with Gasteiger partial charge in [0.25, 0.3) is 0 Å². The van der Waals surface area contributed by atoms with Gasteiger partial charge in [-0.25, -0.2) is 9.97 Å². The number of fused-ring (bicyclic) bond motifs is 1. The van der Waals surface area contributed by atoms with Crippen LogP contribution in [0.25, 0.3) is 22.0 Å². The quantitative estimate of drug-likeness (QED) is 0.656. The molecule has 0 unspecified atom stereocenters. The van der Waals surface area contributed by atoms with E-state index in [0.29, 0.717) is 0 Å². The number of hydrogen-bond donors (Lipinski definition) is 0. The maximum Gasteiger partial charge on any atom is 0.213 e. The predicted molar refractivity (Wildman–Crippen MR) is 91.0 cm³/mol. The van der Waals surface area contributed by atoms with Crippen LogP contribution >= 0.6 is 0 Å². The smallest absolute Gasteiger partial charge is 0.213 e. The molecule has 3 aromatic rings. The van der Waals surface area contributed by atoms with E-state index in [-0.39, 0.29) is 0 Å². The molecule has 0 amide bonds. The SMILES string of the molecule is Fc1cc(-c2ccc3nc(N4CCCCC4)ccc3c2)ccn1. The molecule has 1 aliphatic heterocycles. The molecule has 0 atom stereocenters. The van der Waals surface area contributed by atoms with Crippen LogP contribution in [-0.2, 0) is 0 Å². The van der Waals surface area contributed by atoms with Crippen LogP contribution < -0.4 is 4.90 Å². The molecule has 0 bridgehead atoms. The predicted octanol–water partition coefficient (Wildman–Crippen LogP) is 4.43. The summed E-state index contributed by atoms with van der Waals surface area (Å²) in [6.07, 6.45) is 5.29. The molecule has 0 saturated carbocycles. The molecule has 1 fully saturated rings. The molecular formula is C19H18FN3. The van der Waals surface area contributed by atoms with Gasteiger partial charge in [-0.3, -0.25) is 0 Å². The lowest BCUT2D eigenvalue weighted by Gasteiger charge is -2.27. The van der Waals surface area contributed by atoms with Gasteiger partial charge in [-0.15, -0.1) is 0 Å². The van der Waals surface area contributed by atoms with Crippen molar-refractivity contribution < 1.29 is 4.39 Å². The van der Waals surface area contributed by atoms with Crippen molar-refractivity contribution in [3.05, 3.63) is 54.6 Å². The number of pyridine rings is 2. The Kier molecular flexibility index (Phi) is 3.66. The van der Waals surface area contributed by atoms with Gasteiger partial charge in [0.15, 0.2) is 0 Å². The molecule has 3 heterocycles. The van der Waals surface area contributed by atoms with Crippen LogP contribution in [0, 0.1) is 5.95 Å². The van der Waals surface area contributed by atoms with Gasteiger partial charge in [0.2, 0.25) is 5.95 Å². The van der Waals surface area contributed by atoms with Gasteiger partial charge in [-0.2, -0.15) is 4.39 Å². The van der Waals surface area contributed by atoms with Gasteiger partial charge < -0.3 is 4.90 Å². The fourth-order valence-corrected chi connectivity index (χ4v) is 3.18. The molecule has 1 saturated heterocycles. The third-order valence-corrected chi connectivity index (χ3v) is 4.41. The number of benzene rings is 1. The molecule has 1 aliphatic rings. The highest BCUT2D eigenvalue weighted by atomic mass is 19.1. The molecule has 0 spiro atoms. The minimum Gasteiger partial charge on any atom is -0.357 e. The third-order valence-electron chi connectivity index (χ3n) is 4.41. The van der Waals surface area contributed by atoms with Crippen molar-refractivity contribution in [2.45, 2.75) is 19.3 Å². The highest BCUT2D eigenvalue weighted by Gasteiger charge is 2.12. The molecule has 23 heavy (non-hydrogen) atoms. The first-order valence-corrected chi connectivity index (χ1v) is 8.07. The number of nitrogens with zero attached hydrogens (tertiary/aromatic N) is 3. The summed E-state index contributed by atoms with van der Waals surface area (Å²) in [5, 5.41) is 1.07. The topological polar surface area (TPSA) is 29.0 Å². The first kappa shape index (κ1) is 14.1. The molecule has 4 heteroatoms. The number of aromatic nitrogens is 2. The summed E-state index contributed by atoms with van der Waals surface area (Å²) in [6, 6.07) is 13.5. The van der Waals surface area contributed by atoms with Crippen molar-refractivity contribution in [3.63, 3.8) is 0 Å². The van der Waals surface area contributed by atoms with Crippen LogP contribution in [0.1, 0.15) is 19.3 Å². The second-order valence-corrected chi connectivity index (χ2v) is 5.99. The average molecular weight is 307 g/mol. The molecule has 2 aromatic heterocycles. The summed E-state index contributed by atoms with van der Waals surface area (Å²) < 4.78 is 13.3. The van der Waals surface area contributed by atoms with Gasteiger partial charge in [-0.05, 0) is 60.7 Å². The van der Waals surface area contributed by atoms with Crippen molar-refractivity contribution in [3.8, 4) is 11.1 Å². The Bertz CT molecular complexity index is 841. The number of halogens is 1. The Balaban J connectivity index is 1.70. The van der Waals surface area contributed by atoms with E-state index < -0.39 is 5.95 Å². The fraction of sp³-hybridized carbons (Fsp3) is 0.263. The van der Waals surface area contributed by atoms with E-state index in [9.17, 15) is 4.39 Å². The highest BCUT2D eigenvalue weighted by molar-refractivity contribution is 5.85.